The van der Waals surface area contributed by atoms with E-state index in [0.717, 1.165) is 19.6 Å². The average molecular weight is 219 g/mol. The third kappa shape index (κ3) is 8.22. The lowest BCUT2D eigenvalue weighted by atomic mass is 10.4. The summed E-state index contributed by atoms with van der Waals surface area (Å²) in [5, 5.41) is 6.89. The molecule has 1 unspecified atom stereocenters. The lowest BCUT2D eigenvalue weighted by molar-refractivity contribution is 0.121. The van der Waals surface area contributed by atoms with Crippen molar-refractivity contribution >= 4 is 17.3 Å². The lowest BCUT2D eigenvalue weighted by Gasteiger charge is -2.15. The van der Waals surface area contributed by atoms with Crippen molar-refractivity contribution in [3.05, 3.63) is 0 Å². The van der Waals surface area contributed by atoms with E-state index in [1.807, 2.05) is 21.0 Å². The highest BCUT2D eigenvalue weighted by Crippen LogP contribution is 1.83. The van der Waals surface area contributed by atoms with Crippen molar-refractivity contribution < 1.29 is 4.74 Å². The first kappa shape index (κ1) is 13.6. The molecule has 0 spiro atoms. The fourth-order valence-corrected chi connectivity index (χ4v) is 0.961. The van der Waals surface area contributed by atoms with Gasteiger partial charge in [0.2, 0.25) is 0 Å². The van der Waals surface area contributed by atoms with E-state index < -0.39 is 0 Å². The molecule has 0 saturated carbocycles. The number of rotatable bonds is 6. The van der Waals surface area contributed by atoms with Gasteiger partial charge in [-0.15, -0.1) is 0 Å². The van der Waals surface area contributed by atoms with Crippen LogP contribution in [0.2, 0.25) is 0 Å². The third-order valence-corrected chi connectivity index (χ3v) is 2.09. The molecule has 0 rings (SSSR count). The van der Waals surface area contributed by atoms with Crippen LogP contribution in [0.1, 0.15) is 6.92 Å². The summed E-state index contributed by atoms with van der Waals surface area (Å²) in [5.74, 6) is 0. The minimum atomic E-state index is 0.184. The largest absolute Gasteiger partial charge is 0.380 e. The van der Waals surface area contributed by atoms with Crippen molar-refractivity contribution in [2.24, 2.45) is 0 Å². The van der Waals surface area contributed by atoms with E-state index in [1.165, 1.54) is 0 Å². The summed E-state index contributed by atoms with van der Waals surface area (Å²) < 4.78 is 5.09. The van der Waals surface area contributed by atoms with Crippen molar-refractivity contribution in [2.75, 3.05) is 40.8 Å². The predicted octanol–water partition coefficient (Wildman–Crippen LogP) is 0.0470. The quantitative estimate of drug-likeness (QED) is 0.617. The van der Waals surface area contributed by atoms with Crippen molar-refractivity contribution in [3.8, 4) is 0 Å². The minimum Gasteiger partial charge on any atom is -0.380 e. The zero-order chi connectivity index (χ0) is 11.0. The molecule has 0 amide bonds. The number of nitrogens with zero attached hydrogens (tertiary/aromatic N) is 1. The highest BCUT2D eigenvalue weighted by molar-refractivity contribution is 7.80. The molecule has 0 aromatic rings. The first-order chi connectivity index (χ1) is 6.56. The van der Waals surface area contributed by atoms with Crippen molar-refractivity contribution in [3.63, 3.8) is 0 Å². The van der Waals surface area contributed by atoms with Gasteiger partial charge in [-0.05, 0) is 33.2 Å². The molecule has 0 fully saturated rings. The predicted molar refractivity (Wildman–Crippen MR) is 63.6 cm³/mol. The maximum Gasteiger partial charge on any atom is 0.166 e. The van der Waals surface area contributed by atoms with Crippen LogP contribution >= 0.6 is 12.2 Å². The van der Waals surface area contributed by atoms with E-state index >= 15 is 0 Å². The number of ether oxygens (including phenoxy) is 1. The van der Waals surface area contributed by atoms with Gasteiger partial charge in [0.25, 0.3) is 0 Å². The molecule has 0 aliphatic carbocycles. The van der Waals surface area contributed by atoms with Crippen molar-refractivity contribution in [2.45, 2.75) is 13.0 Å². The molecular formula is C9H21N3OS. The molecule has 0 bridgehead atoms. The summed E-state index contributed by atoms with van der Waals surface area (Å²) in [6, 6.07) is 0. The molecule has 4 nitrogen and oxygen atoms in total. The van der Waals surface area contributed by atoms with Crippen LogP contribution in [-0.4, -0.2) is 57.0 Å². The lowest BCUT2D eigenvalue weighted by Crippen LogP contribution is -2.41. The number of likely N-dealkylation sites (N-methyl/N-ethyl adjacent to an activating group) is 1. The van der Waals surface area contributed by atoms with Crippen LogP contribution in [0.4, 0.5) is 0 Å². The van der Waals surface area contributed by atoms with E-state index in [2.05, 4.69) is 15.5 Å². The minimum absolute atomic E-state index is 0.184. The molecule has 84 valence electrons. The van der Waals surface area contributed by atoms with Gasteiger partial charge >= 0.3 is 0 Å². The Morgan fingerprint density at radius 3 is 2.57 bits per heavy atom. The second kappa shape index (κ2) is 7.96. The third-order valence-electron chi connectivity index (χ3n) is 1.80. The maximum atomic E-state index is 5.09. The SMILES string of the molecule is COC(C)CNC(=S)NCCN(C)C. The van der Waals surface area contributed by atoms with E-state index in [4.69, 9.17) is 17.0 Å². The number of nitrogens with one attached hydrogen (secondary N) is 2. The van der Waals surface area contributed by atoms with Gasteiger partial charge in [0.05, 0.1) is 6.10 Å². The Morgan fingerprint density at radius 2 is 2.07 bits per heavy atom. The standard InChI is InChI=1S/C9H21N3OS/c1-8(13-4)7-11-9(14)10-5-6-12(2)3/h8H,5-7H2,1-4H3,(H2,10,11,14). The van der Waals surface area contributed by atoms with Gasteiger partial charge in [0.15, 0.2) is 5.11 Å². The molecule has 0 radical (unpaired) electrons. The van der Waals surface area contributed by atoms with Crippen LogP contribution in [0.25, 0.3) is 0 Å². The summed E-state index contributed by atoms with van der Waals surface area (Å²) in [6.45, 7) is 4.57. The van der Waals surface area contributed by atoms with Crippen LogP contribution in [-0.2, 0) is 4.74 Å². The molecule has 0 saturated heterocycles. The Kier molecular flexibility index (Phi) is 7.74. The van der Waals surface area contributed by atoms with Crippen LogP contribution in [0.15, 0.2) is 0 Å². The smallest absolute Gasteiger partial charge is 0.166 e. The van der Waals surface area contributed by atoms with Crippen molar-refractivity contribution in [1.82, 2.24) is 15.5 Å². The van der Waals surface area contributed by atoms with Gasteiger partial charge < -0.3 is 20.3 Å². The molecule has 0 heterocycles. The number of hydrogen-bond acceptors (Lipinski definition) is 3. The fourth-order valence-electron chi connectivity index (χ4n) is 0.775. The van der Waals surface area contributed by atoms with Gasteiger partial charge in [0, 0.05) is 26.7 Å². The first-order valence-corrected chi connectivity index (χ1v) is 5.16. The zero-order valence-electron chi connectivity index (χ0n) is 9.46. The molecular weight excluding hydrogens is 198 g/mol. The van der Waals surface area contributed by atoms with Crippen LogP contribution < -0.4 is 10.6 Å². The van der Waals surface area contributed by atoms with Crippen molar-refractivity contribution in [1.29, 1.82) is 0 Å². The summed E-state index contributed by atoms with van der Waals surface area (Å²) in [5.41, 5.74) is 0. The molecule has 2 N–H and O–H groups in total. The second-order valence-electron chi connectivity index (χ2n) is 3.49. The summed E-state index contributed by atoms with van der Waals surface area (Å²) in [4.78, 5) is 2.10. The average Bonchev–Trinajstić information content (AvgIpc) is 2.13. The summed E-state index contributed by atoms with van der Waals surface area (Å²) in [6.07, 6.45) is 0.184. The van der Waals surface area contributed by atoms with E-state index in [0.29, 0.717) is 5.11 Å². The maximum absolute atomic E-state index is 5.09. The van der Waals surface area contributed by atoms with Gasteiger partial charge in [-0.25, -0.2) is 0 Å². The highest BCUT2D eigenvalue weighted by atomic mass is 32.1. The van der Waals surface area contributed by atoms with Gasteiger partial charge in [0.1, 0.15) is 0 Å². The molecule has 0 aromatic carbocycles. The molecule has 5 heteroatoms. The van der Waals surface area contributed by atoms with Crippen LogP contribution in [0.3, 0.4) is 0 Å². The Morgan fingerprint density at radius 1 is 1.43 bits per heavy atom. The Bertz CT molecular complexity index is 164. The normalized spacial score (nSPS) is 12.6. The first-order valence-electron chi connectivity index (χ1n) is 4.75. The van der Waals surface area contributed by atoms with Crippen LogP contribution in [0.5, 0.6) is 0 Å². The van der Waals surface area contributed by atoms with Gasteiger partial charge in [-0.2, -0.15) is 0 Å². The van der Waals surface area contributed by atoms with E-state index in [1.54, 1.807) is 7.11 Å². The Balaban J connectivity index is 3.37. The Hall–Kier alpha value is -0.390. The number of methoxy groups -OCH3 is 1. The fraction of sp³-hybridized carbons (Fsp3) is 0.889. The van der Waals surface area contributed by atoms with Crippen LogP contribution in [0, 0.1) is 0 Å². The summed E-state index contributed by atoms with van der Waals surface area (Å²) >= 11 is 5.08. The summed E-state index contributed by atoms with van der Waals surface area (Å²) in [7, 11) is 5.76. The number of hydrogen-bond donors (Lipinski definition) is 2. The molecule has 0 aromatic heterocycles. The monoisotopic (exact) mass is 219 g/mol. The molecule has 14 heavy (non-hydrogen) atoms. The molecule has 0 aliphatic rings. The Labute approximate surface area is 92.0 Å². The second-order valence-corrected chi connectivity index (χ2v) is 3.89. The topological polar surface area (TPSA) is 36.5 Å². The molecule has 1 atom stereocenters. The molecule has 0 aliphatic heterocycles. The van der Waals surface area contributed by atoms with E-state index in [9.17, 15) is 0 Å². The zero-order valence-corrected chi connectivity index (χ0v) is 10.3. The van der Waals surface area contributed by atoms with Gasteiger partial charge in [-0.3, -0.25) is 0 Å². The van der Waals surface area contributed by atoms with Gasteiger partial charge in [-0.1, -0.05) is 0 Å². The number of thiocarbonyl (C=S) groups is 1. The van der Waals surface area contributed by atoms with E-state index in [-0.39, 0.29) is 6.10 Å². The highest BCUT2D eigenvalue weighted by Gasteiger charge is 2.00.